The molecule has 0 unspecified atom stereocenters. The molecule has 0 fully saturated rings. The fraction of sp³-hybridized carbons (Fsp3) is 0.429. The second kappa shape index (κ2) is 2.64. The third-order valence-corrected chi connectivity index (χ3v) is 1.17. The number of hydrogen-bond donors (Lipinski definition) is 0. The van der Waals surface area contributed by atoms with Crippen LogP contribution < -0.4 is 0 Å². The molecule has 0 aliphatic carbocycles. The molecule has 1 heterocycles. The van der Waals surface area contributed by atoms with Crippen LogP contribution in [0.2, 0.25) is 0 Å². The van der Waals surface area contributed by atoms with Gasteiger partial charge < -0.3 is 4.74 Å². The summed E-state index contributed by atoms with van der Waals surface area (Å²) in [5.41, 5.74) is 0.473. The maximum Gasteiger partial charge on any atom is 0.258 e. The summed E-state index contributed by atoms with van der Waals surface area (Å²) >= 11 is 0. The van der Waals surface area contributed by atoms with Gasteiger partial charge in [-0.3, -0.25) is 4.79 Å². The lowest BCUT2D eigenvalue weighted by Gasteiger charge is -1.97. The Hall–Kier alpha value is -1.12. The molecular formula is C7H9NO2. The van der Waals surface area contributed by atoms with Gasteiger partial charge in [0.05, 0.1) is 6.54 Å². The van der Waals surface area contributed by atoms with Crippen molar-refractivity contribution in [2.45, 2.75) is 6.92 Å². The fourth-order valence-corrected chi connectivity index (χ4v) is 0.655. The lowest BCUT2D eigenvalue weighted by molar-refractivity contribution is -0.110. The smallest absolute Gasteiger partial charge is 0.258 e. The number of ether oxygens (including phenoxy) is 1. The van der Waals surface area contributed by atoms with Gasteiger partial charge in [0.2, 0.25) is 5.78 Å². The Bertz CT molecular complexity index is 206. The summed E-state index contributed by atoms with van der Waals surface area (Å²) in [5, 5.41) is 0. The van der Waals surface area contributed by atoms with Crippen LogP contribution in [0.5, 0.6) is 0 Å². The van der Waals surface area contributed by atoms with E-state index >= 15 is 0 Å². The van der Waals surface area contributed by atoms with E-state index in [-0.39, 0.29) is 11.7 Å². The van der Waals surface area contributed by atoms with E-state index in [1.165, 1.54) is 0 Å². The molecule has 54 valence electrons. The van der Waals surface area contributed by atoms with Gasteiger partial charge in [0.15, 0.2) is 0 Å². The van der Waals surface area contributed by atoms with Crippen molar-refractivity contribution in [2.24, 2.45) is 4.99 Å². The molecule has 0 aromatic carbocycles. The largest absolute Gasteiger partial charge is 0.473 e. The van der Waals surface area contributed by atoms with E-state index in [9.17, 15) is 4.79 Å². The summed E-state index contributed by atoms with van der Waals surface area (Å²) < 4.78 is 4.92. The van der Waals surface area contributed by atoms with E-state index in [2.05, 4.69) is 11.6 Å². The Morgan fingerprint density at radius 3 is 2.90 bits per heavy atom. The van der Waals surface area contributed by atoms with Crippen LogP contribution in [0.25, 0.3) is 0 Å². The van der Waals surface area contributed by atoms with Gasteiger partial charge in [0.1, 0.15) is 6.61 Å². The zero-order valence-electron chi connectivity index (χ0n) is 5.89. The molecule has 0 bridgehead atoms. The summed E-state index contributed by atoms with van der Waals surface area (Å²) in [5.74, 6) is 0.0324. The summed E-state index contributed by atoms with van der Waals surface area (Å²) in [6.07, 6.45) is 0. The van der Waals surface area contributed by atoms with E-state index in [0.717, 1.165) is 0 Å². The molecule has 10 heavy (non-hydrogen) atoms. The van der Waals surface area contributed by atoms with Crippen LogP contribution >= 0.6 is 0 Å². The molecule has 3 heteroatoms. The number of carbonyl (C=O) groups excluding carboxylic acids is 1. The van der Waals surface area contributed by atoms with Crippen LogP contribution in [0, 0.1) is 0 Å². The van der Waals surface area contributed by atoms with E-state index in [1.54, 1.807) is 6.92 Å². The molecule has 0 spiro atoms. The fourth-order valence-electron chi connectivity index (χ4n) is 0.655. The van der Waals surface area contributed by atoms with Crippen molar-refractivity contribution >= 4 is 11.7 Å². The Balaban J connectivity index is 2.65. The van der Waals surface area contributed by atoms with E-state index < -0.39 is 0 Å². The molecule has 1 aliphatic heterocycles. The van der Waals surface area contributed by atoms with Gasteiger partial charge in [-0.05, 0) is 12.5 Å². The highest BCUT2D eigenvalue weighted by atomic mass is 16.5. The second-order valence-corrected chi connectivity index (χ2v) is 2.14. The third-order valence-electron chi connectivity index (χ3n) is 1.17. The molecule has 0 aromatic heterocycles. The van der Waals surface area contributed by atoms with Gasteiger partial charge >= 0.3 is 0 Å². The highest BCUT2D eigenvalue weighted by Gasteiger charge is 2.16. The number of rotatable bonds is 2. The number of nitrogens with zero attached hydrogens (tertiary/aromatic N) is 1. The first-order valence-corrected chi connectivity index (χ1v) is 3.09. The molecule has 0 atom stereocenters. The summed E-state index contributed by atoms with van der Waals surface area (Å²) in [7, 11) is 0. The molecule has 0 amide bonds. The molecular weight excluding hydrogens is 130 g/mol. The van der Waals surface area contributed by atoms with Gasteiger partial charge in [-0.2, -0.15) is 0 Å². The maximum atomic E-state index is 11.0. The minimum Gasteiger partial charge on any atom is -0.473 e. The maximum absolute atomic E-state index is 11.0. The van der Waals surface area contributed by atoms with Crippen LogP contribution in [0.1, 0.15) is 6.92 Å². The van der Waals surface area contributed by atoms with Gasteiger partial charge in [0.25, 0.3) is 5.90 Å². The SMILES string of the molecule is C=C(C)C(=O)C1=NCCO1. The number of hydrogen-bond acceptors (Lipinski definition) is 3. The normalized spacial score (nSPS) is 15.9. The second-order valence-electron chi connectivity index (χ2n) is 2.14. The van der Waals surface area contributed by atoms with E-state index in [4.69, 9.17) is 4.74 Å². The van der Waals surface area contributed by atoms with Crippen molar-refractivity contribution in [2.75, 3.05) is 13.2 Å². The molecule has 0 N–H and O–H groups in total. The molecule has 1 aliphatic rings. The minimum atomic E-state index is -0.183. The first-order chi connectivity index (χ1) is 4.72. The van der Waals surface area contributed by atoms with E-state index in [1.807, 2.05) is 0 Å². The summed E-state index contributed by atoms with van der Waals surface area (Å²) in [6, 6.07) is 0. The minimum absolute atomic E-state index is 0.183. The van der Waals surface area contributed by atoms with Crippen molar-refractivity contribution in [1.29, 1.82) is 0 Å². The van der Waals surface area contributed by atoms with Gasteiger partial charge in [-0.25, -0.2) is 4.99 Å². The van der Waals surface area contributed by atoms with Crippen molar-refractivity contribution in [1.82, 2.24) is 0 Å². The topological polar surface area (TPSA) is 38.7 Å². The molecule has 1 rings (SSSR count). The highest BCUT2D eigenvalue weighted by molar-refractivity contribution is 6.42. The number of ketones is 1. The van der Waals surface area contributed by atoms with Crippen LogP contribution in [0.15, 0.2) is 17.1 Å². The number of aliphatic imine (C=N–C) groups is 1. The Labute approximate surface area is 59.4 Å². The van der Waals surface area contributed by atoms with Crippen LogP contribution in [-0.2, 0) is 9.53 Å². The Kier molecular flexibility index (Phi) is 1.85. The first kappa shape index (κ1) is 6.99. The Morgan fingerprint density at radius 2 is 2.50 bits per heavy atom. The van der Waals surface area contributed by atoms with Crippen molar-refractivity contribution in [3.8, 4) is 0 Å². The molecule has 0 radical (unpaired) electrons. The molecule has 0 saturated carbocycles. The van der Waals surface area contributed by atoms with Gasteiger partial charge in [-0.1, -0.05) is 6.58 Å². The molecule has 0 saturated heterocycles. The third kappa shape index (κ3) is 1.23. The van der Waals surface area contributed by atoms with E-state index in [0.29, 0.717) is 18.7 Å². The van der Waals surface area contributed by atoms with Crippen LogP contribution in [0.3, 0.4) is 0 Å². The highest BCUT2D eigenvalue weighted by Crippen LogP contribution is 2.00. The number of carbonyl (C=O) groups is 1. The average molecular weight is 139 g/mol. The monoisotopic (exact) mass is 139 g/mol. The average Bonchev–Trinajstić information content (AvgIpc) is 2.36. The standard InChI is InChI=1S/C7H9NO2/c1-5(2)6(9)7-8-3-4-10-7/h1,3-4H2,2H3. The summed E-state index contributed by atoms with van der Waals surface area (Å²) in [4.78, 5) is 14.8. The zero-order chi connectivity index (χ0) is 7.56. The predicted molar refractivity (Wildman–Crippen MR) is 38.1 cm³/mol. The lowest BCUT2D eigenvalue weighted by Crippen LogP contribution is -2.14. The predicted octanol–water partition coefficient (Wildman–Crippen LogP) is 0.560. The zero-order valence-corrected chi connectivity index (χ0v) is 5.89. The van der Waals surface area contributed by atoms with Crippen molar-refractivity contribution in [3.05, 3.63) is 12.2 Å². The van der Waals surface area contributed by atoms with Gasteiger partial charge in [0, 0.05) is 0 Å². The molecule has 3 nitrogen and oxygen atoms in total. The Morgan fingerprint density at radius 1 is 1.80 bits per heavy atom. The van der Waals surface area contributed by atoms with Crippen LogP contribution in [0.4, 0.5) is 0 Å². The molecule has 0 aromatic rings. The number of Topliss-reactive ketones (excluding diaryl/α,β-unsaturated/α-hetero) is 1. The van der Waals surface area contributed by atoms with Crippen molar-refractivity contribution in [3.63, 3.8) is 0 Å². The lowest BCUT2D eigenvalue weighted by atomic mass is 10.2. The first-order valence-electron chi connectivity index (χ1n) is 3.09. The quantitative estimate of drug-likeness (QED) is 0.524. The van der Waals surface area contributed by atoms with Crippen LogP contribution in [-0.4, -0.2) is 24.8 Å². The van der Waals surface area contributed by atoms with Gasteiger partial charge in [-0.15, -0.1) is 0 Å². The van der Waals surface area contributed by atoms with Crippen molar-refractivity contribution < 1.29 is 9.53 Å². The summed E-state index contributed by atoms with van der Waals surface area (Å²) in [6.45, 7) is 6.25.